The summed E-state index contributed by atoms with van der Waals surface area (Å²) in [4.78, 5) is 25.0. The summed E-state index contributed by atoms with van der Waals surface area (Å²) in [6, 6.07) is 8.56. The summed E-state index contributed by atoms with van der Waals surface area (Å²) < 4.78 is 25.8. The Bertz CT molecular complexity index is 1150. The lowest BCUT2D eigenvalue weighted by atomic mass is 9.87. The zero-order chi connectivity index (χ0) is 27.9. The fourth-order valence-corrected chi connectivity index (χ4v) is 4.80. The van der Waals surface area contributed by atoms with Gasteiger partial charge in [0, 0.05) is 5.56 Å². The van der Waals surface area contributed by atoms with E-state index < -0.39 is 29.5 Å². The number of allylic oxidation sites excluding steroid dienone is 1. The van der Waals surface area contributed by atoms with Crippen LogP contribution in [-0.4, -0.2) is 24.3 Å². The second kappa shape index (κ2) is 13.1. The molecule has 6 heteroatoms. The van der Waals surface area contributed by atoms with E-state index in [2.05, 4.69) is 31.0 Å². The number of carbonyl (C=O) groups excluding carboxylic acids is 2. The smallest absolute Gasteiger partial charge is 0.408 e. The molecule has 0 unspecified atom stereocenters. The van der Waals surface area contributed by atoms with Crippen LogP contribution in [0.3, 0.4) is 0 Å². The number of nitrogens with one attached hydrogen (secondary N) is 1. The molecule has 1 atom stereocenters. The Kier molecular flexibility index (Phi) is 10.1. The van der Waals surface area contributed by atoms with Crippen molar-refractivity contribution in [2.45, 2.75) is 97.1 Å². The number of unbranched alkanes of at least 4 members (excludes halogenated alkanes) is 2. The second-order valence-electron chi connectivity index (χ2n) is 11.1. The van der Waals surface area contributed by atoms with E-state index in [0.717, 1.165) is 42.4 Å². The third-order valence-corrected chi connectivity index (χ3v) is 6.62. The molecule has 206 valence electrons. The van der Waals surface area contributed by atoms with Crippen molar-refractivity contribution in [3.8, 4) is 11.1 Å². The number of alkyl carbamates (subject to hydrolysis) is 1. The topological polar surface area (TPSA) is 64.6 Å². The molecule has 1 aliphatic carbocycles. The highest BCUT2D eigenvalue weighted by Gasteiger charge is 2.28. The van der Waals surface area contributed by atoms with Crippen LogP contribution in [0.1, 0.15) is 100 Å². The molecule has 1 aliphatic rings. The normalized spacial score (nSPS) is 14.1. The number of halogens is 1. The van der Waals surface area contributed by atoms with Crippen LogP contribution in [0.2, 0.25) is 0 Å². The van der Waals surface area contributed by atoms with Crippen molar-refractivity contribution in [2.24, 2.45) is 0 Å². The van der Waals surface area contributed by atoms with Gasteiger partial charge in [0.05, 0.1) is 19.1 Å². The maximum absolute atomic E-state index is 15.3. The van der Waals surface area contributed by atoms with Gasteiger partial charge in [0.1, 0.15) is 11.4 Å². The molecule has 0 saturated heterocycles. The number of esters is 1. The average molecular weight is 524 g/mol. The van der Waals surface area contributed by atoms with Crippen molar-refractivity contribution in [2.75, 3.05) is 6.61 Å². The molecule has 2 aromatic carbocycles. The monoisotopic (exact) mass is 523 g/mol. The third kappa shape index (κ3) is 8.44. The number of hydrogen-bond donors (Lipinski definition) is 1. The number of benzene rings is 2. The molecular formula is C32H42FNO4. The summed E-state index contributed by atoms with van der Waals surface area (Å²) in [5.41, 5.74) is 5.20. The minimum atomic E-state index is -0.939. The number of amides is 1. The number of aryl methyl sites for hydroxylation is 2. The quantitative estimate of drug-likeness (QED) is 0.173. The molecule has 1 fully saturated rings. The van der Waals surface area contributed by atoms with E-state index in [9.17, 15) is 9.59 Å². The van der Waals surface area contributed by atoms with Crippen molar-refractivity contribution in [3.63, 3.8) is 0 Å². The van der Waals surface area contributed by atoms with Gasteiger partial charge in [-0.1, -0.05) is 24.3 Å². The summed E-state index contributed by atoms with van der Waals surface area (Å²) in [6.07, 6.45) is 7.45. The van der Waals surface area contributed by atoms with Crippen LogP contribution in [0.25, 0.3) is 11.1 Å². The van der Waals surface area contributed by atoms with Gasteiger partial charge < -0.3 is 14.8 Å². The van der Waals surface area contributed by atoms with E-state index >= 15 is 4.39 Å². The molecule has 0 spiro atoms. The van der Waals surface area contributed by atoms with Crippen molar-refractivity contribution >= 4 is 12.1 Å². The highest BCUT2D eigenvalue weighted by atomic mass is 19.1. The van der Waals surface area contributed by atoms with Gasteiger partial charge in [0.25, 0.3) is 0 Å². The van der Waals surface area contributed by atoms with Gasteiger partial charge in [-0.05, 0) is 119 Å². The van der Waals surface area contributed by atoms with Crippen LogP contribution in [0.4, 0.5) is 9.18 Å². The van der Waals surface area contributed by atoms with E-state index in [-0.39, 0.29) is 18.6 Å². The summed E-state index contributed by atoms with van der Waals surface area (Å²) in [6.45, 7) is 13.1. The first-order valence-corrected chi connectivity index (χ1v) is 13.7. The number of ether oxygens (including phenoxy) is 2. The standard InChI is InChI=1S/C32H42FNO4/c1-7-9-10-11-12-23-18-25(22-13-14-22)17-21(3)30(23)24-15-16-27(33)26(19-24)28(20-29(35)37-8-2)34-31(36)38-32(4,5)6/h7,15-19,22,28H,1,8-14,20H2,2-6H3,(H,34,36)/t28-/m0/s1. The van der Waals surface area contributed by atoms with Gasteiger partial charge in [-0.2, -0.15) is 0 Å². The fourth-order valence-electron chi connectivity index (χ4n) is 4.80. The molecule has 38 heavy (non-hydrogen) atoms. The summed E-state index contributed by atoms with van der Waals surface area (Å²) >= 11 is 0. The minimum Gasteiger partial charge on any atom is -0.466 e. The second-order valence-corrected chi connectivity index (χ2v) is 11.1. The van der Waals surface area contributed by atoms with Gasteiger partial charge in [0.2, 0.25) is 0 Å². The molecular weight excluding hydrogens is 481 g/mol. The van der Waals surface area contributed by atoms with Crippen molar-refractivity contribution in [1.29, 1.82) is 0 Å². The molecule has 0 aromatic heterocycles. The van der Waals surface area contributed by atoms with Crippen LogP contribution in [0.5, 0.6) is 0 Å². The van der Waals surface area contributed by atoms with Gasteiger partial charge in [-0.15, -0.1) is 6.58 Å². The lowest BCUT2D eigenvalue weighted by Crippen LogP contribution is -2.36. The van der Waals surface area contributed by atoms with Crippen molar-refractivity contribution in [1.82, 2.24) is 5.32 Å². The van der Waals surface area contributed by atoms with Crippen molar-refractivity contribution in [3.05, 3.63) is 71.1 Å². The zero-order valence-electron chi connectivity index (χ0n) is 23.5. The first-order chi connectivity index (χ1) is 18.0. The van der Waals surface area contributed by atoms with Crippen LogP contribution in [0.15, 0.2) is 43.0 Å². The lowest BCUT2D eigenvalue weighted by Gasteiger charge is -2.24. The zero-order valence-corrected chi connectivity index (χ0v) is 23.5. The van der Waals surface area contributed by atoms with E-state index in [1.807, 2.05) is 6.08 Å². The third-order valence-electron chi connectivity index (χ3n) is 6.62. The van der Waals surface area contributed by atoms with Gasteiger partial charge in [-0.3, -0.25) is 4.79 Å². The SMILES string of the molecule is C=CCCCCc1cc(C2CC2)cc(C)c1-c1ccc(F)c([C@H](CC(=O)OCC)NC(=O)OC(C)(C)C)c1. The molecule has 2 aromatic rings. The molecule has 3 rings (SSSR count). The summed E-state index contributed by atoms with van der Waals surface area (Å²) in [5.74, 6) is -0.393. The highest BCUT2D eigenvalue weighted by Crippen LogP contribution is 2.43. The molecule has 5 nitrogen and oxygen atoms in total. The predicted molar refractivity (Wildman–Crippen MR) is 150 cm³/mol. The van der Waals surface area contributed by atoms with Crippen LogP contribution >= 0.6 is 0 Å². The lowest BCUT2D eigenvalue weighted by molar-refractivity contribution is -0.143. The molecule has 0 aliphatic heterocycles. The van der Waals surface area contributed by atoms with Gasteiger partial charge >= 0.3 is 12.1 Å². The predicted octanol–water partition coefficient (Wildman–Crippen LogP) is 8.10. The van der Waals surface area contributed by atoms with Crippen LogP contribution in [0, 0.1) is 12.7 Å². The summed E-state index contributed by atoms with van der Waals surface area (Å²) in [7, 11) is 0. The van der Waals surface area contributed by atoms with Gasteiger partial charge in [0.15, 0.2) is 0 Å². The molecule has 0 radical (unpaired) electrons. The molecule has 0 bridgehead atoms. The number of carbonyl (C=O) groups is 2. The fraction of sp³-hybridized carbons (Fsp3) is 0.500. The van der Waals surface area contributed by atoms with E-state index in [0.29, 0.717) is 5.92 Å². The average Bonchev–Trinajstić information content (AvgIpc) is 3.66. The van der Waals surface area contributed by atoms with Crippen LogP contribution in [-0.2, 0) is 20.7 Å². The number of hydrogen-bond acceptors (Lipinski definition) is 4. The first-order valence-electron chi connectivity index (χ1n) is 13.7. The van der Waals surface area contributed by atoms with E-state index in [4.69, 9.17) is 9.47 Å². The Morgan fingerprint density at radius 2 is 1.92 bits per heavy atom. The highest BCUT2D eigenvalue weighted by molar-refractivity contribution is 5.75. The molecule has 0 heterocycles. The Labute approximate surface area is 226 Å². The van der Waals surface area contributed by atoms with Crippen LogP contribution < -0.4 is 5.32 Å². The Balaban J connectivity index is 2.01. The molecule has 1 saturated carbocycles. The Hall–Kier alpha value is -3.15. The van der Waals surface area contributed by atoms with E-state index in [1.54, 1.807) is 39.8 Å². The Morgan fingerprint density at radius 1 is 1.18 bits per heavy atom. The first kappa shape index (κ1) is 29.4. The minimum absolute atomic E-state index is 0.197. The molecule has 1 N–H and O–H groups in total. The largest absolute Gasteiger partial charge is 0.466 e. The van der Waals surface area contributed by atoms with E-state index in [1.165, 1.54) is 30.0 Å². The molecule has 1 amide bonds. The maximum atomic E-state index is 15.3. The maximum Gasteiger partial charge on any atom is 0.408 e. The Morgan fingerprint density at radius 3 is 2.55 bits per heavy atom. The van der Waals surface area contributed by atoms with Crippen molar-refractivity contribution < 1.29 is 23.5 Å². The summed E-state index contributed by atoms with van der Waals surface area (Å²) in [5, 5.41) is 2.70. The number of rotatable bonds is 12. The van der Waals surface area contributed by atoms with Gasteiger partial charge in [-0.25, -0.2) is 9.18 Å².